The van der Waals surface area contributed by atoms with Crippen LogP contribution >= 0.6 is 11.3 Å². The van der Waals surface area contributed by atoms with Gasteiger partial charge in [0.2, 0.25) is 0 Å². The predicted octanol–water partition coefficient (Wildman–Crippen LogP) is 2.76. The highest BCUT2D eigenvalue weighted by molar-refractivity contribution is 7.12. The van der Waals surface area contributed by atoms with Gasteiger partial charge < -0.3 is 5.73 Å². The van der Waals surface area contributed by atoms with Crippen LogP contribution in [0, 0.1) is 0 Å². The number of thiophene rings is 1. The van der Waals surface area contributed by atoms with E-state index < -0.39 is 0 Å². The Morgan fingerprint density at radius 3 is 2.69 bits per heavy atom. The Morgan fingerprint density at radius 2 is 2.08 bits per heavy atom. The van der Waals surface area contributed by atoms with Gasteiger partial charge in [-0.2, -0.15) is 0 Å². The molecule has 2 heteroatoms. The summed E-state index contributed by atoms with van der Waals surface area (Å²) in [6.07, 6.45) is 7.57. The molecule has 2 N–H and O–H groups in total. The topological polar surface area (TPSA) is 26.0 Å². The standard InChI is InChI=1S/C11H17NS/c1-2-10-7-8-11(13-10)6-4-3-5-9-12/h3-4,7-8H,2,5-6,9,12H2,1H3. The van der Waals surface area contributed by atoms with Crippen molar-refractivity contribution in [1.29, 1.82) is 0 Å². The van der Waals surface area contributed by atoms with Gasteiger partial charge in [-0.15, -0.1) is 11.3 Å². The normalized spacial score (nSPS) is 11.2. The summed E-state index contributed by atoms with van der Waals surface area (Å²) >= 11 is 1.91. The van der Waals surface area contributed by atoms with Crippen LogP contribution in [0.2, 0.25) is 0 Å². The van der Waals surface area contributed by atoms with Crippen molar-refractivity contribution in [2.75, 3.05) is 6.54 Å². The van der Waals surface area contributed by atoms with E-state index in [4.69, 9.17) is 5.73 Å². The van der Waals surface area contributed by atoms with Crippen LogP contribution in [0.3, 0.4) is 0 Å². The van der Waals surface area contributed by atoms with Gasteiger partial charge in [-0.3, -0.25) is 0 Å². The van der Waals surface area contributed by atoms with Gasteiger partial charge >= 0.3 is 0 Å². The van der Waals surface area contributed by atoms with Crippen molar-refractivity contribution in [1.82, 2.24) is 0 Å². The molecular formula is C11H17NS. The average molecular weight is 195 g/mol. The Hall–Kier alpha value is -0.600. The van der Waals surface area contributed by atoms with E-state index in [0.717, 1.165) is 25.8 Å². The molecule has 72 valence electrons. The molecule has 0 aromatic carbocycles. The Morgan fingerprint density at radius 1 is 1.31 bits per heavy atom. The maximum atomic E-state index is 5.38. The Balaban J connectivity index is 2.36. The minimum Gasteiger partial charge on any atom is -0.330 e. The van der Waals surface area contributed by atoms with Crippen molar-refractivity contribution in [3.63, 3.8) is 0 Å². The van der Waals surface area contributed by atoms with Crippen LogP contribution in [-0.2, 0) is 12.8 Å². The number of rotatable bonds is 5. The molecule has 1 aromatic rings. The number of hydrogen-bond acceptors (Lipinski definition) is 2. The maximum Gasteiger partial charge on any atom is 0.00858 e. The third kappa shape index (κ3) is 3.75. The summed E-state index contributed by atoms with van der Waals surface area (Å²) < 4.78 is 0. The first-order valence-corrected chi connectivity index (χ1v) is 5.61. The van der Waals surface area contributed by atoms with Gasteiger partial charge in [-0.05, 0) is 37.9 Å². The summed E-state index contributed by atoms with van der Waals surface area (Å²) in [5.74, 6) is 0. The van der Waals surface area contributed by atoms with E-state index in [1.165, 1.54) is 9.75 Å². The second-order valence-electron chi connectivity index (χ2n) is 2.97. The third-order valence-electron chi connectivity index (χ3n) is 1.88. The molecular weight excluding hydrogens is 178 g/mol. The zero-order valence-corrected chi connectivity index (χ0v) is 8.94. The molecule has 0 aliphatic heterocycles. The van der Waals surface area contributed by atoms with Crippen LogP contribution in [-0.4, -0.2) is 6.54 Å². The summed E-state index contributed by atoms with van der Waals surface area (Å²) in [7, 11) is 0. The fraction of sp³-hybridized carbons (Fsp3) is 0.455. The van der Waals surface area contributed by atoms with Gasteiger partial charge in [0.25, 0.3) is 0 Å². The smallest absolute Gasteiger partial charge is 0.00858 e. The molecule has 1 heterocycles. The SMILES string of the molecule is CCc1ccc(CC=CCCN)s1. The van der Waals surface area contributed by atoms with E-state index in [-0.39, 0.29) is 0 Å². The van der Waals surface area contributed by atoms with Crippen LogP contribution in [0.1, 0.15) is 23.1 Å². The third-order valence-corrected chi connectivity index (χ3v) is 3.14. The van der Waals surface area contributed by atoms with Gasteiger partial charge in [0.1, 0.15) is 0 Å². The van der Waals surface area contributed by atoms with E-state index in [0.29, 0.717) is 0 Å². The summed E-state index contributed by atoms with van der Waals surface area (Å²) in [6.45, 7) is 2.95. The fourth-order valence-corrected chi connectivity index (χ4v) is 2.07. The van der Waals surface area contributed by atoms with Gasteiger partial charge in [0.05, 0.1) is 0 Å². The zero-order chi connectivity index (χ0) is 9.52. The molecule has 0 bridgehead atoms. The first kappa shape index (κ1) is 10.5. The van der Waals surface area contributed by atoms with E-state index in [1.54, 1.807) is 0 Å². The van der Waals surface area contributed by atoms with Crippen molar-refractivity contribution >= 4 is 11.3 Å². The first-order valence-electron chi connectivity index (χ1n) is 4.79. The van der Waals surface area contributed by atoms with Gasteiger partial charge in [-0.25, -0.2) is 0 Å². The molecule has 0 fully saturated rings. The number of nitrogens with two attached hydrogens (primary N) is 1. The van der Waals surface area contributed by atoms with Crippen LogP contribution in [0.4, 0.5) is 0 Å². The van der Waals surface area contributed by atoms with E-state index in [1.807, 2.05) is 11.3 Å². The fourth-order valence-electron chi connectivity index (χ4n) is 1.14. The van der Waals surface area contributed by atoms with Gasteiger partial charge in [0, 0.05) is 9.75 Å². The highest BCUT2D eigenvalue weighted by Crippen LogP contribution is 2.17. The first-order chi connectivity index (χ1) is 6.36. The predicted molar refractivity (Wildman–Crippen MR) is 60.2 cm³/mol. The molecule has 0 spiro atoms. The van der Waals surface area contributed by atoms with Crippen LogP contribution in [0.25, 0.3) is 0 Å². The molecule has 0 unspecified atom stereocenters. The summed E-state index contributed by atoms with van der Waals surface area (Å²) in [5.41, 5.74) is 5.38. The maximum absolute atomic E-state index is 5.38. The summed E-state index contributed by atoms with van der Waals surface area (Å²) in [4.78, 5) is 2.92. The lowest BCUT2D eigenvalue weighted by Gasteiger charge is -1.88. The lowest BCUT2D eigenvalue weighted by atomic mass is 10.3. The molecule has 1 rings (SSSR count). The van der Waals surface area contributed by atoms with Crippen LogP contribution < -0.4 is 5.73 Å². The van der Waals surface area contributed by atoms with Crippen molar-refractivity contribution in [2.45, 2.75) is 26.2 Å². The molecule has 0 amide bonds. The lowest BCUT2D eigenvalue weighted by molar-refractivity contribution is 1.00. The van der Waals surface area contributed by atoms with E-state index in [2.05, 4.69) is 31.2 Å². The van der Waals surface area contributed by atoms with E-state index in [9.17, 15) is 0 Å². The van der Waals surface area contributed by atoms with Crippen LogP contribution in [0.5, 0.6) is 0 Å². The summed E-state index contributed by atoms with van der Waals surface area (Å²) in [5, 5.41) is 0. The van der Waals surface area contributed by atoms with Crippen LogP contribution in [0.15, 0.2) is 24.3 Å². The lowest BCUT2D eigenvalue weighted by Crippen LogP contribution is -1.95. The number of allylic oxidation sites excluding steroid dienone is 1. The molecule has 0 aliphatic carbocycles. The minimum atomic E-state index is 0.751. The van der Waals surface area contributed by atoms with Crippen molar-refractivity contribution in [2.24, 2.45) is 5.73 Å². The molecule has 0 atom stereocenters. The highest BCUT2D eigenvalue weighted by Gasteiger charge is 1.95. The molecule has 0 saturated carbocycles. The second kappa shape index (κ2) is 5.95. The molecule has 1 nitrogen and oxygen atoms in total. The van der Waals surface area contributed by atoms with Gasteiger partial charge in [0.15, 0.2) is 0 Å². The highest BCUT2D eigenvalue weighted by atomic mass is 32.1. The Kier molecular flexibility index (Phi) is 4.79. The molecule has 0 radical (unpaired) electrons. The van der Waals surface area contributed by atoms with Crippen molar-refractivity contribution in [3.8, 4) is 0 Å². The Bertz CT molecular complexity index is 263. The van der Waals surface area contributed by atoms with Crippen molar-refractivity contribution in [3.05, 3.63) is 34.0 Å². The average Bonchev–Trinajstić information content (AvgIpc) is 2.60. The zero-order valence-electron chi connectivity index (χ0n) is 8.12. The molecule has 0 aliphatic rings. The van der Waals surface area contributed by atoms with Gasteiger partial charge in [-0.1, -0.05) is 19.1 Å². The number of hydrogen-bond donors (Lipinski definition) is 1. The minimum absolute atomic E-state index is 0.751. The second-order valence-corrected chi connectivity index (χ2v) is 4.23. The number of aryl methyl sites for hydroxylation is 1. The Labute approximate surface area is 84.3 Å². The molecule has 0 saturated heterocycles. The summed E-state index contributed by atoms with van der Waals surface area (Å²) in [6, 6.07) is 4.44. The largest absolute Gasteiger partial charge is 0.330 e. The molecule has 1 aromatic heterocycles. The quantitative estimate of drug-likeness (QED) is 0.718. The van der Waals surface area contributed by atoms with Crippen molar-refractivity contribution < 1.29 is 0 Å². The monoisotopic (exact) mass is 195 g/mol. The molecule has 13 heavy (non-hydrogen) atoms. The van der Waals surface area contributed by atoms with E-state index >= 15 is 0 Å².